The predicted molar refractivity (Wildman–Crippen MR) is 150 cm³/mol. The fourth-order valence-electron chi connectivity index (χ4n) is 3.41. The van der Waals surface area contributed by atoms with Crippen LogP contribution < -0.4 is 10.6 Å². The first-order valence-electron chi connectivity index (χ1n) is 11.3. The van der Waals surface area contributed by atoms with Gasteiger partial charge in [-0.25, -0.2) is 0 Å². The van der Waals surface area contributed by atoms with Gasteiger partial charge in [0.05, 0.1) is 6.42 Å². The number of hydrogen-bond donors (Lipinski definition) is 3. The zero-order valence-electron chi connectivity index (χ0n) is 19.2. The molecule has 2 aromatic heterocycles. The maximum Gasteiger partial charge on any atom is 0.230 e. The second-order valence-electron chi connectivity index (χ2n) is 7.98. The Kier molecular flexibility index (Phi) is 9.93. The topological polar surface area (TPSA) is 113 Å². The summed E-state index contributed by atoms with van der Waals surface area (Å²) in [6.45, 7) is 0. The molecule has 8 nitrogen and oxygen atoms in total. The highest BCUT2D eigenvalue weighted by atomic mass is 79.9. The average Bonchev–Trinajstić information content (AvgIpc) is 3.49. The van der Waals surface area contributed by atoms with Crippen LogP contribution in [0.1, 0.15) is 34.0 Å². The lowest BCUT2D eigenvalue weighted by atomic mass is 10.1. The van der Waals surface area contributed by atoms with Gasteiger partial charge in [-0.15, -0.1) is 20.4 Å². The summed E-state index contributed by atoms with van der Waals surface area (Å²) in [5.74, 6) is -0.119. The summed E-state index contributed by atoms with van der Waals surface area (Å²) in [7, 11) is 0. The Morgan fingerprint density at radius 2 is 1.39 bits per heavy atom. The number of aliphatic hydroxyl groups is 1. The van der Waals surface area contributed by atoms with Crippen molar-refractivity contribution in [2.75, 3.05) is 10.6 Å². The number of amides is 1. The number of hydrogen-bond acceptors (Lipinski definition) is 9. The molecule has 188 valence electrons. The molecule has 0 aliphatic rings. The highest BCUT2D eigenvalue weighted by molar-refractivity contribution is 9.10. The number of aromatic nitrogens is 4. The van der Waals surface area contributed by atoms with Crippen LogP contribution >= 0.6 is 54.5 Å². The maximum atomic E-state index is 12.3. The van der Waals surface area contributed by atoms with Crippen molar-refractivity contribution in [3.8, 4) is 0 Å². The fraction of sp³-hybridized carbons (Fsp3) is 0.292. The number of carbonyl (C=O) groups excluding carboxylic acids is 1. The summed E-state index contributed by atoms with van der Waals surface area (Å²) in [6.07, 6.45) is 3.43. The van der Waals surface area contributed by atoms with E-state index < -0.39 is 6.23 Å². The Balaban J connectivity index is 1.16. The van der Waals surface area contributed by atoms with Gasteiger partial charge in [0.1, 0.15) is 16.2 Å². The number of anilines is 2. The van der Waals surface area contributed by atoms with Crippen molar-refractivity contribution < 1.29 is 9.90 Å². The standard InChI is InChI=1S/C24H24Br2N6O2S2/c25-17-9-3-1-7-15(17)13-19(33)27-23-31-29-21(35-23)11-5-6-12-22-30-32-24(36-22)28-20(34)14-16-8-2-4-10-18(16)26/h1-4,7-10,19,33H,5-6,11-14H2,(H,27,31)(H,28,32,34). The van der Waals surface area contributed by atoms with Gasteiger partial charge in [-0.3, -0.25) is 4.79 Å². The lowest BCUT2D eigenvalue weighted by Crippen LogP contribution is -2.21. The fourth-order valence-corrected chi connectivity index (χ4v) is 5.91. The molecule has 2 heterocycles. The van der Waals surface area contributed by atoms with Crippen LogP contribution in [0.5, 0.6) is 0 Å². The molecule has 0 aliphatic heterocycles. The molecule has 12 heteroatoms. The highest BCUT2D eigenvalue weighted by Crippen LogP contribution is 2.23. The summed E-state index contributed by atoms with van der Waals surface area (Å²) in [5, 5.41) is 35.8. The highest BCUT2D eigenvalue weighted by Gasteiger charge is 2.13. The van der Waals surface area contributed by atoms with E-state index in [1.54, 1.807) is 0 Å². The number of carbonyl (C=O) groups is 1. The molecule has 0 bridgehead atoms. The molecule has 1 unspecified atom stereocenters. The third kappa shape index (κ3) is 8.13. The van der Waals surface area contributed by atoms with Gasteiger partial charge in [0.2, 0.25) is 16.2 Å². The summed E-state index contributed by atoms with van der Waals surface area (Å²) in [5.41, 5.74) is 1.94. The minimum atomic E-state index is -0.745. The Morgan fingerprint density at radius 3 is 2.03 bits per heavy atom. The lowest BCUT2D eigenvalue weighted by molar-refractivity contribution is -0.115. The van der Waals surface area contributed by atoms with Crippen LogP contribution in [-0.4, -0.2) is 37.6 Å². The third-order valence-corrected chi connectivity index (χ3v) is 8.54. The molecule has 0 fully saturated rings. The lowest BCUT2D eigenvalue weighted by Gasteiger charge is -2.12. The van der Waals surface area contributed by atoms with Crippen LogP contribution in [0.2, 0.25) is 0 Å². The molecule has 3 N–H and O–H groups in total. The Morgan fingerprint density at radius 1 is 0.833 bits per heavy atom. The molecule has 1 atom stereocenters. The Hall–Kier alpha value is -2.25. The van der Waals surface area contributed by atoms with E-state index in [0.717, 1.165) is 55.8 Å². The minimum absolute atomic E-state index is 0.119. The zero-order valence-corrected chi connectivity index (χ0v) is 24.0. The molecule has 2 aromatic carbocycles. The van der Waals surface area contributed by atoms with Crippen molar-refractivity contribution in [3.63, 3.8) is 0 Å². The molecule has 1 amide bonds. The maximum absolute atomic E-state index is 12.3. The van der Waals surface area contributed by atoms with E-state index in [2.05, 4.69) is 62.9 Å². The van der Waals surface area contributed by atoms with Gasteiger partial charge in [0, 0.05) is 28.2 Å². The number of unbranched alkanes of at least 4 members (excludes halogenated alkanes) is 1. The zero-order chi connectivity index (χ0) is 25.3. The number of rotatable bonds is 12. The van der Waals surface area contributed by atoms with E-state index in [4.69, 9.17) is 0 Å². The molecule has 0 saturated carbocycles. The summed E-state index contributed by atoms with van der Waals surface area (Å²) in [4.78, 5) is 12.3. The van der Waals surface area contributed by atoms with Gasteiger partial charge >= 0.3 is 0 Å². The molecule has 0 aliphatic carbocycles. The second-order valence-corrected chi connectivity index (χ2v) is 11.8. The Labute approximate surface area is 233 Å². The van der Waals surface area contributed by atoms with Crippen molar-refractivity contribution in [2.45, 2.75) is 44.8 Å². The number of halogens is 2. The van der Waals surface area contributed by atoms with Crippen molar-refractivity contribution in [3.05, 3.63) is 78.6 Å². The van der Waals surface area contributed by atoms with Gasteiger partial charge in [0.15, 0.2) is 0 Å². The van der Waals surface area contributed by atoms with E-state index in [0.29, 0.717) is 16.7 Å². The Bertz CT molecular complexity index is 1300. The average molecular weight is 652 g/mol. The minimum Gasteiger partial charge on any atom is -0.373 e. The van der Waals surface area contributed by atoms with Crippen LogP contribution in [0.3, 0.4) is 0 Å². The quantitative estimate of drug-likeness (QED) is 0.134. The van der Waals surface area contributed by atoms with E-state index in [9.17, 15) is 9.90 Å². The molecule has 36 heavy (non-hydrogen) atoms. The van der Waals surface area contributed by atoms with Gasteiger partial charge in [-0.2, -0.15) is 0 Å². The number of nitrogens with one attached hydrogen (secondary N) is 2. The number of aryl methyl sites for hydroxylation is 2. The second kappa shape index (κ2) is 13.3. The van der Waals surface area contributed by atoms with Crippen molar-refractivity contribution >= 4 is 70.7 Å². The van der Waals surface area contributed by atoms with E-state index in [1.807, 2.05) is 48.5 Å². The van der Waals surface area contributed by atoms with Crippen LogP contribution in [0.4, 0.5) is 10.3 Å². The van der Waals surface area contributed by atoms with Crippen LogP contribution in [0.15, 0.2) is 57.5 Å². The first kappa shape index (κ1) is 26.8. The van der Waals surface area contributed by atoms with Gasteiger partial charge < -0.3 is 15.7 Å². The summed E-state index contributed by atoms with van der Waals surface area (Å²) in [6, 6.07) is 15.5. The third-order valence-electron chi connectivity index (χ3n) is 5.18. The first-order valence-corrected chi connectivity index (χ1v) is 14.5. The number of benzene rings is 2. The van der Waals surface area contributed by atoms with Crippen LogP contribution in [0, 0.1) is 0 Å². The van der Waals surface area contributed by atoms with E-state index >= 15 is 0 Å². The summed E-state index contributed by atoms with van der Waals surface area (Å²) >= 11 is 9.82. The SMILES string of the molecule is O=C(Cc1ccccc1Br)Nc1nnc(CCCCc2nnc(NC(O)Cc3ccccc3Br)s2)s1. The number of nitrogens with zero attached hydrogens (tertiary/aromatic N) is 4. The monoisotopic (exact) mass is 650 g/mol. The molecule has 0 saturated heterocycles. The number of aliphatic hydroxyl groups excluding tert-OH is 1. The largest absolute Gasteiger partial charge is 0.373 e. The molecule has 4 rings (SSSR count). The molecule has 4 aromatic rings. The van der Waals surface area contributed by atoms with Gasteiger partial charge in [-0.1, -0.05) is 90.9 Å². The van der Waals surface area contributed by atoms with E-state index in [-0.39, 0.29) is 12.3 Å². The van der Waals surface area contributed by atoms with Crippen molar-refractivity contribution in [2.24, 2.45) is 0 Å². The van der Waals surface area contributed by atoms with Crippen molar-refractivity contribution in [1.82, 2.24) is 20.4 Å². The van der Waals surface area contributed by atoms with Gasteiger partial charge in [-0.05, 0) is 36.1 Å². The van der Waals surface area contributed by atoms with Gasteiger partial charge in [0.25, 0.3) is 0 Å². The van der Waals surface area contributed by atoms with Crippen LogP contribution in [0.25, 0.3) is 0 Å². The molecule has 0 radical (unpaired) electrons. The van der Waals surface area contributed by atoms with Crippen molar-refractivity contribution in [1.29, 1.82) is 0 Å². The molecular formula is C24H24Br2N6O2S2. The van der Waals surface area contributed by atoms with Crippen LogP contribution in [-0.2, 0) is 30.5 Å². The molecular weight excluding hydrogens is 628 g/mol. The molecule has 0 spiro atoms. The van der Waals surface area contributed by atoms with E-state index in [1.165, 1.54) is 22.7 Å². The predicted octanol–water partition coefficient (Wildman–Crippen LogP) is 5.63. The smallest absolute Gasteiger partial charge is 0.230 e. The first-order chi connectivity index (χ1) is 17.5. The summed E-state index contributed by atoms with van der Waals surface area (Å²) < 4.78 is 1.88. The normalized spacial score (nSPS) is 11.9.